The van der Waals surface area contributed by atoms with Crippen LogP contribution in [0.5, 0.6) is 11.5 Å². The molecule has 0 fully saturated rings. The monoisotopic (exact) mass is 254 g/mol. The first-order valence-electron chi connectivity index (χ1n) is 5.78. The van der Waals surface area contributed by atoms with Crippen LogP contribution >= 0.6 is 0 Å². The van der Waals surface area contributed by atoms with E-state index in [1.165, 1.54) is 0 Å². The van der Waals surface area contributed by atoms with Crippen molar-refractivity contribution in [1.82, 2.24) is 0 Å². The Bertz CT molecular complexity index is 601. The fourth-order valence-corrected chi connectivity index (χ4v) is 1.62. The van der Waals surface area contributed by atoms with Gasteiger partial charge in [-0.2, -0.15) is 5.26 Å². The van der Waals surface area contributed by atoms with E-state index < -0.39 is 0 Å². The van der Waals surface area contributed by atoms with Crippen molar-refractivity contribution in [2.75, 3.05) is 12.8 Å². The second-order valence-electron chi connectivity index (χ2n) is 4.00. The zero-order chi connectivity index (χ0) is 13.7. The van der Waals surface area contributed by atoms with E-state index in [0.29, 0.717) is 23.6 Å². The molecule has 0 unspecified atom stereocenters. The first-order valence-corrected chi connectivity index (χ1v) is 5.78. The summed E-state index contributed by atoms with van der Waals surface area (Å²) in [5.74, 6) is 1.46. The van der Waals surface area contributed by atoms with Crippen LogP contribution in [0, 0.1) is 11.3 Å². The molecule has 0 spiro atoms. The minimum atomic E-state index is 0.426. The van der Waals surface area contributed by atoms with E-state index in [1.54, 1.807) is 25.3 Å². The van der Waals surface area contributed by atoms with Gasteiger partial charge in [0.25, 0.3) is 0 Å². The van der Waals surface area contributed by atoms with Crippen LogP contribution in [0.2, 0.25) is 0 Å². The quantitative estimate of drug-likeness (QED) is 0.852. The normalized spacial score (nSPS) is 9.68. The molecule has 0 aliphatic rings. The molecule has 2 rings (SSSR count). The number of nitrogens with two attached hydrogens (primary N) is 1. The molecule has 96 valence electrons. The van der Waals surface area contributed by atoms with Gasteiger partial charge in [-0.05, 0) is 29.8 Å². The molecule has 0 amide bonds. The molecule has 0 bridgehead atoms. The number of ether oxygens (including phenoxy) is 2. The maximum atomic E-state index is 8.78. The lowest BCUT2D eigenvalue weighted by Crippen LogP contribution is -1.97. The van der Waals surface area contributed by atoms with E-state index in [0.717, 1.165) is 11.3 Å². The summed E-state index contributed by atoms with van der Waals surface area (Å²) in [6, 6.07) is 14.7. The fourth-order valence-electron chi connectivity index (χ4n) is 1.62. The predicted octanol–water partition coefficient (Wildman–Crippen LogP) is 2.73. The summed E-state index contributed by atoms with van der Waals surface area (Å²) >= 11 is 0. The van der Waals surface area contributed by atoms with Gasteiger partial charge in [-0.15, -0.1) is 0 Å². The number of nitriles is 1. The standard InChI is InChI=1S/C15H14N2O2/c1-18-13-5-2-11(3-6-13)10-19-14-7-4-12(9-16)15(17)8-14/h2-8H,10,17H2,1H3. The van der Waals surface area contributed by atoms with Crippen LogP contribution < -0.4 is 15.2 Å². The molecule has 0 radical (unpaired) electrons. The molecule has 2 N–H and O–H groups in total. The van der Waals surface area contributed by atoms with Crippen molar-refractivity contribution >= 4 is 5.69 Å². The zero-order valence-corrected chi connectivity index (χ0v) is 10.6. The summed E-state index contributed by atoms with van der Waals surface area (Å²) in [6.07, 6.45) is 0. The molecule has 2 aromatic rings. The van der Waals surface area contributed by atoms with Crippen LogP contribution in [0.25, 0.3) is 0 Å². The van der Waals surface area contributed by atoms with E-state index in [4.69, 9.17) is 20.5 Å². The maximum Gasteiger partial charge on any atom is 0.121 e. The van der Waals surface area contributed by atoms with Gasteiger partial charge < -0.3 is 15.2 Å². The number of benzene rings is 2. The molecule has 0 aliphatic heterocycles. The summed E-state index contributed by atoms with van der Waals surface area (Å²) in [5, 5.41) is 8.78. The van der Waals surface area contributed by atoms with Crippen LogP contribution in [0.1, 0.15) is 11.1 Å². The third-order valence-electron chi connectivity index (χ3n) is 2.71. The number of hydrogen-bond acceptors (Lipinski definition) is 4. The minimum Gasteiger partial charge on any atom is -0.497 e. The average Bonchev–Trinajstić information content (AvgIpc) is 2.46. The van der Waals surface area contributed by atoms with Crippen LogP contribution in [0.15, 0.2) is 42.5 Å². The lowest BCUT2D eigenvalue weighted by Gasteiger charge is -2.08. The van der Waals surface area contributed by atoms with Gasteiger partial charge in [0.15, 0.2) is 0 Å². The van der Waals surface area contributed by atoms with Crippen molar-refractivity contribution in [3.63, 3.8) is 0 Å². The lowest BCUT2D eigenvalue weighted by molar-refractivity contribution is 0.306. The van der Waals surface area contributed by atoms with Crippen LogP contribution in [0.3, 0.4) is 0 Å². The topological polar surface area (TPSA) is 68.3 Å². The van der Waals surface area contributed by atoms with Gasteiger partial charge in [-0.3, -0.25) is 0 Å². The highest BCUT2D eigenvalue weighted by atomic mass is 16.5. The first-order chi connectivity index (χ1) is 9.22. The molecule has 0 atom stereocenters. The number of nitrogens with zero attached hydrogens (tertiary/aromatic N) is 1. The zero-order valence-electron chi connectivity index (χ0n) is 10.6. The molecule has 0 aromatic heterocycles. The summed E-state index contributed by atoms with van der Waals surface area (Å²) in [5.41, 5.74) is 7.63. The maximum absolute atomic E-state index is 8.78. The van der Waals surface area contributed by atoms with Crippen LogP contribution in [-0.4, -0.2) is 7.11 Å². The van der Waals surface area contributed by atoms with Gasteiger partial charge in [0.1, 0.15) is 24.2 Å². The molecule has 4 nitrogen and oxygen atoms in total. The fraction of sp³-hybridized carbons (Fsp3) is 0.133. The molecular weight excluding hydrogens is 240 g/mol. The van der Waals surface area contributed by atoms with Gasteiger partial charge >= 0.3 is 0 Å². The number of nitrogen functional groups attached to an aromatic ring is 1. The van der Waals surface area contributed by atoms with Crippen LogP contribution in [0.4, 0.5) is 5.69 Å². The van der Waals surface area contributed by atoms with Crippen molar-refractivity contribution in [2.45, 2.75) is 6.61 Å². The van der Waals surface area contributed by atoms with E-state index in [9.17, 15) is 0 Å². The van der Waals surface area contributed by atoms with Crippen molar-refractivity contribution < 1.29 is 9.47 Å². The molecule has 0 saturated carbocycles. The third-order valence-corrected chi connectivity index (χ3v) is 2.71. The Balaban J connectivity index is 2.02. The largest absolute Gasteiger partial charge is 0.497 e. The Morgan fingerprint density at radius 2 is 1.79 bits per heavy atom. The summed E-state index contributed by atoms with van der Waals surface area (Å²) in [6.45, 7) is 0.440. The summed E-state index contributed by atoms with van der Waals surface area (Å²) in [7, 11) is 1.63. The highest BCUT2D eigenvalue weighted by molar-refractivity contribution is 5.57. The molecule has 19 heavy (non-hydrogen) atoms. The third kappa shape index (κ3) is 3.17. The Hall–Kier alpha value is -2.67. The average molecular weight is 254 g/mol. The summed E-state index contributed by atoms with van der Waals surface area (Å²) in [4.78, 5) is 0. The second-order valence-corrected chi connectivity index (χ2v) is 4.00. The van der Waals surface area contributed by atoms with E-state index in [-0.39, 0.29) is 0 Å². The van der Waals surface area contributed by atoms with Crippen LogP contribution in [-0.2, 0) is 6.61 Å². The number of anilines is 1. The number of rotatable bonds is 4. The molecular formula is C15H14N2O2. The van der Waals surface area contributed by atoms with E-state index in [2.05, 4.69) is 0 Å². The van der Waals surface area contributed by atoms with Gasteiger partial charge in [0.2, 0.25) is 0 Å². The van der Waals surface area contributed by atoms with Gasteiger partial charge in [0.05, 0.1) is 18.4 Å². The molecule has 0 saturated heterocycles. The molecule has 0 aliphatic carbocycles. The Morgan fingerprint density at radius 1 is 1.11 bits per heavy atom. The van der Waals surface area contributed by atoms with E-state index in [1.807, 2.05) is 30.3 Å². The highest BCUT2D eigenvalue weighted by Crippen LogP contribution is 2.20. The van der Waals surface area contributed by atoms with E-state index >= 15 is 0 Å². The number of methoxy groups -OCH3 is 1. The SMILES string of the molecule is COc1ccc(COc2ccc(C#N)c(N)c2)cc1. The lowest BCUT2D eigenvalue weighted by atomic mass is 10.2. The Labute approximate surface area is 112 Å². The molecule has 0 heterocycles. The minimum absolute atomic E-state index is 0.426. The van der Waals surface area contributed by atoms with Gasteiger partial charge in [-0.1, -0.05) is 12.1 Å². The smallest absolute Gasteiger partial charge is 0.121 e. The molecule has 2 aromatic carbocycles. The predicted molar refractivity (Wildman–Crippen MR) is 72.9 cm³/mol. The van der Waals surface area contributed by atoms with Crippen molar-refractivity contribution in [2.24, 2.45) is 0 Å². The Morgan fingerprint density at radius 3 is 2.37 bits per heavy atom. The second kappa shape index (κ2) is 5.78. The van der Waals surface area contributed by atoms with Crippen molar-refractivity contribution in [3.8, 4) is 17.6 Å². The Kier molecular flexibility index (Phi) is 3.89. The summed E-state index contributed by atoms with van der Waals surface area (Å²) < 4.78 is 10.7. The van der Waals surface area contributed by atoms with Crippen molar-refractivity contribution in [3.05, 3.63) is 53.6 Å². The molecule has 4 heteroatoms. The first kappa shape index (κ1) is 12.8. The van der Waals surface area contributed by atoms with Gasteiger partial charge in [0, 0.05) is 6.07 Å². The van der Waals surface area contributed by atoms with Gasteiger partial charge in [-0.25, -0.2) is 0 Å². The number of hydrogen-bond donors (Lipinski definition) is 1. The van der Waals surface area contributed by atoms with Crippen molar-refractivity contribution in [1.29, 1.82) is 5.26 Å². The highest BCUT2D eigenvalue weighted by Gasteiger charge is 2.01.